The topological polar surface area (TPSA) is 38.3 Å². The van der Waals surface area contributed by atoms with Gasteiger partial charge in [0.25, 0.3) is 5.91 Å². The van der Waals surface area contributed by atoms with Crippen LogP contribution < -0.4 is 10.1 Å². The van der Waals surface area contributed by atoms with Gasteiger partial charge < -0.3 is 10.1 Å². The van der Waals surface area contributed by atoms with Crippen LogP contribution in [0.4, 0.5) is 0 Å². The van der Waals surface area contributed by atoms with Crippen molar-refractivity contribution in [3.05, 3.63) is 28.2 Å². The first-order valence-corrected chi connectivity index (χ1v) is 8.07. The van der Waals surface area contributed by atoms with Crippen LogP contribution in [0.3, 0.4) is 0 Å². The molecule has 1 saturated carbocycles. The number of hydrogen-bond acceptors (Lipinski definition) is 2. The molecular formula is C16H22BrNO2. The highest BCUT2D eigenvalue weighted by Crippen LogP contribution is 2.27. The Morgan fingerprint density at radius 1 is 1.45 bits per heavy atom. The Morgan fingerprint density at radius 3 is 2.95 bits per heavy atom. The van der Waals surface area contributed by atoms with Crippen LogP contribution in [-0.2, 0) is 0 Å². The molecule has 1 amide bonds. The summed E-state index contributed by atoms with van der Waals surface area (Å²) in [6, 6.07) is 5.77. The van der Waals surface area contributed by atoms with E-state index in [1.807, 2.05) is 12.1 Å². The van der Waals surface area contributed by atoms with E-state index in [9.17, 15) is 4.79 Å². The second-order valence-electron chi connectivity index (χ2n) is 5.46. The summed E-state index contributed by atoms with van der Waals surface area (Å²) in [4.78, 5) is 12.4. The number of halogens is 1. The first kappa shape index (κ1) is 15.4. The standard InChI is InChI=1S/C16H22BrNO2/c1-3-11-5-4-6-12(9-11)18-16(19)14-10-13(20-2)7-8-15(14)17/h7-8,10-12H,3-6,9H2,1-2H3,(H,18,19). The molecule has 1 N–H and O–H groups in total. The Morgan fingerprint density at radius 2 is 2.25 bits per heavy atom. The Bertz CT molecular complexity index is 476. The van der Waals surface area contributed by atoms with Gasteiger partial charge in [0, 0.05) is 10.5 Å². The zero-order chi connectivity index (χ0) is 14.5. The van der Waals surface area contributed by atoms with Crippen molar-refractivity contribution in [3.8, 4) is 5.75 Å². The van der Waals surface area contributed by atoms with Crippen LogP contribution in [0.25, 0.3) is 0 Å². The van der Waals surface area contributed by atoms with Crippen LogP contribution >= 0.6 is 15.9 Å². The molecule has 2 rings (SSSR count). The van der Waals surface area contributed by atoms with Gasteiger partial charge in [-0.1, -0.05) is 26.2 Å². The molecule has 0 radical (unpaired) electrons. The Labute approximate surface area is 129 Å². The minimum atomic E-state index is -0.0162. The molecule has 0 spiro atoms. The molecule has 1 aromatic carbocycles. The van der Waals surface area contributed by atoms with Crippen LogP contribution in [-0.4, -0.2) is 19.1 Å². The molecule has 3 nitrogen and oxygen atoms in total. The van der Waals surface area contributed by atoms with Crippen molar-refractivity contribution in [2.45, 2.75) is 45.1 Å². The van der Waals surface area contributed by atoms with Gasteiger partial charge in [0.05, 0.1) is 12.7 Å². The molecule has 0 saturated heterocycles. The quantitative estimate of drug-likeness (QED) is 0.894. The lowest BCUT2D eigenvalue weighted by atomic mass is 9.84. The summed E-state index contributed by atoms with van der Waals surface area (Å²) < 4.78 is 5.99. The summed E-state index contributed by atoms with van der Waals surface area (Å²) in [7, 11) is 1.61. The van der Waals surface area contributed by atoms with Crippen molar-refractivity contribution >= 4 is 21.8 Å². The summed E-state index contributed by atoms with van der Waals surface area (Å²) in [5, 5.41) is 3.17. The fourth-order valence-electron chi connectivity index (χ4n) is 2.86. The van der Waals surface area contributed by atoms with Crippen molar-refractivity contribution in [1.29, 1.82) is 0 Å². The smallest absolute Gasteiger partial charge is 0.252 e. The summed E-state index contributed by atoms with van der Waals surface area (Å²) in [6.07, 6.45) is 5.90. The lowest BCUT2D eigenvalue weighted by molar-refractivity contribution is 0.0918. The third kappa shape index (κ3) is 3.75. The average molecular weight is 340 g/mol. The lowest BCUT2D eigenvalue weighted by Crippen LogP contribution is -2.38. The number of ether oxygens (including phenoxy) is 1. The number of rotatable bonds is 4. The van der Waals surface area contributed by atoms with E-state index in [4.69, 9.17) is 4.74 Å². The molecular weight excluding hydrogens is 318 g/mol. The van der Waals surface area contributed by atoms with Gasteiger partial charge in [-0.25, -0.2) is 0 Å². The maximum absolute atomic E-state index is 12.4. The number of benzene rings is 1. The van der Waals surface area contributed by atoms with Crippen molar-refractivity contribution in [2.24, 2.45) is 5.92 Å². The van der Waals surface area contributed by atoms with Crippen molar-refractivity contribution in [3.63, 3.8) is 0 Å². The highest BCUT2D eigenvalue weighted by molar-refractivity contribution is 9.10. The maximum atomic E-state index is 12.4. The summed E-state index contributed by atoms with van der Waals surface area (Å²) >= 11 is 3.43. The van der Waals surface area contributed by atoms with E-state index in [0.717, 1.165) is 23.2 Å². The molecule has 0 bridgehead atoms. The van der Waals surface area contributed by atoms with Gasteiger partial charge >= 0.3 is 0 Å². The molecule has 0 aromatic heterocycles. The molecule has 1 aliphatic carbocycles. The Balaban J connectivity index is 2.04. The zero-order valence-electron chi connectivity index (χ0n) is 12.1. The van der Waals surface area contributed by atoms with Gasteiger partial charge in [0.2, 0.25) is 0 Å². The highest BCUT2D eigenvalue weighted by Gasteiger charge is 2.23. The summed E-state index contributed by atoms with van der Waals surface area (Å²) in [6.45, 7) is 2.23. The highest BCUT2D eigenvalue weighted by atomic mass is 79.9. The van der Waals surface area contributed by atoms with Crippen LogP contribution in [0.2, 0.25) is 0 Å². The van der Waals surface area contributed by atoms with E-state index in [1.54, 1.807) is 13.2 Å². The van der Waals surface area contributed by atoms with E-state index in [1.165, 1.54) is 19.3 Å². The fourth-order valence-corrected chi connectivity index (χ4v) is 3.29. The molecule has 1 fully saturated rings. The number of methoxy groups -OCH3 is 1. The molecule has 20 heavy (non-hydrogen) atoms. The Kier molecular flexibility index (Phi) is 5.46. The van der Waals surface area contributed by atoms with Crippen LogP contribution in [0.15, 0.2) is 22.7 Å². The van der Waals surface area contributed by atoms with Gasteiger partial charge in [0.1, 0.15) is 5.75 Å². The third-order valence-electron chi connectivity index (χ3n) is 4.11. The second kappa shape index (κ2) is 7.11. The van der Waals surface area contributed by atoms with E-state index < -0.39 is 0 Å². The summed E-state index contributed by atoms with van der Waals surface area (Å²) in [5.74, 6) is 1.44. The predicted octanol–water partition coefficient (Wildman–Crippen LogP) is 4.16. The van der Waals surface area contributed by atoms with Crippen LogP contribution in [0.5, 0.6) is 5.75 Å². The van der Waals surface area contributed by atoms with Crippen molar-refractivity contribution in [2.75, 3.05) is 7.11 Å². The molecule has 2 unspecified atom stereocenters. The molecule has 1 aliphatic rings. The SMILES string of the molecule is CCC1CCCC(NC(=O)c2cc(OC)ccc2Br)C1. The van der Waals surface area contributed by atoms with E-state index >= 15 is 0 Å². The minimum absolute atomic E-state index is 0.0162. The first-order chi connectivity index (χ1) is 9.63. The number of amides is 1. The van der Waals surface area contributed by atoms with Crippen LogP contribution in [0, 0.1) is 5.92 Å². The monoisotopic (exact) mass is 339 g/mol. The first-order valence-electron chi connectivity index (χ1n) is 7.28. The van der Waals surface area contributed by atoms with Gasteiger partial charge in [-0.3, -0.25) is 4.79 Å². The molecule has 1 aromatic rings. The van der Waals surface area contributed by atoms with E-state index in [0.29, 0.717) is 17.4 Å². The molecule has 0 heterocycles. The van der Waals surface area contributed by atoms with Gasteiger partial charge in [-0.15, -0.1) is 0 Å². The molecule has 110 valence electrons. The maximum Gasteiger partial charge on any atom is 0.252 e. The van der Waals surface area contributed by atoms with Gasteiger partial charge in [-0.05, 0) is 52.9 Å². The number of carbonyl (C=O) groups excluding carboxylic acids is 1. The minimum Gasteiger partial charge on any atom is -0.497 e. The third-order valence-corrected chi connectivity index (χ3v) is 4.81. The number of nitrogens with one attached hydrogen (secondary N) is 1. The van der Waals surface area contributed by atoms with E-state index in [2.05, 4.69) is 28.2 Å². The zero-order valence-corrected chi connectivity index (χ0v) is 13.7. The average Bonchev–Trinajstić information content (AvgIpc) is 2.47. The second-order valence-corrected chi connectivity index (χ2v) is 6.31. The number of hydrogen-bond donors (Lipinski definition) is 1. The predicted molar refractivity (Wildman–Crippen MR) is 84.2 cm³/mol. The Hall–Kier alpha value is -1.03. The normalized spacial score (nSPS) is 22.4. The van der Waals surface area contributed by atoms with Crippen LogP contribution in [0.1, 0.15) is 49.4 Å². The fraction of sp³-hybridized carbons (Fsp3) is 0.562. The van der Waals surface area contributed by atoms with Crippen molar-refractivity contribution in [1.82, 2.24) is 5.32 Å². The summed E-state index contributed by atoms with van der Waals surface area (Å²) in [5.41, 5.74) is 0.642. The number of carbonyl (C=O) groups is 1. The van der Waals surface area contributed by atoms with E-state index in [-0.39, 0.29) is 5.91 Å². The molecule has 0 aliphatic heterocycles. The van der Waals surface area contributed by atoms with Crippen molar-refractivity contribution < 1.29 is 9.53 Å². The molecule has 2 atom stereocenters. The molecule has 4 heteroatoms. The lowest BCUT2D eigenvalue weighted by Gasteiger charge is -2.29. The largest absolute Gasteiger partial charge is 0.497 e. The van der Waals surface area contributed by atoms with Gasteiger partial charge in [0.15, 0.2) is 0 Å². The van der Waals surface area contributed by atoms with Gasteiger partial charge in [-0.2, -0.15) is 0 Å².